The number of nitrogens with one attached hydrogen (secondary N) is 2. The lowest BCUT2D eigenvalue weighted by atomic mass is 10.1. The van der Waals surface area contributed by atoms with Crippen LogP contribution in [-0.2, 0) is 7.05 Å². The fourth-order valence-electron chi connectivity index (χ4n) is 3.33. The van der Waals surface area contributed by atoms with Crippen molar-refractivity contribution in [3.8, 4) is 17.3 Å². The van der Waals surface area contributed by atoms with Crippen LogP contribution in [0.1, 0.15) is 29.8 Å². The number of ether oxygens (including phenoxy) is 1. The number of anilines is 1. The first-order chi connectivity index (χ1) is 15.5. The Morgan fingerprint density at radius 2 is 2.06 bits per heavy atom. The number of aryl methyl sites for hydroxylation is 1. The minimum absolute atomic E-state index is 0.0419. The lowest BCUT2D eigenvalue weighted by Gasteiger charge is -2.34. The molecule has 1 aromatic carbocycles. The Labute approximate surface area is 192 Å². The summed E-state index contributed by atoms with van der Waals surface area (Å²) >= 11 is 0. The molecule has 6 N–H and O–H groups in total. The van der Waals surface area contributed by atoms with Crippen LogP contribution in [0.5, 0.6) is 5.75 Å². The van der Waals surface area contributed by atoms with E-state index in [1.54, 1.807) is 42.7 Å². The summed E-state index contributed by atoms with van der Waals surface area (Å²) in [5, 5.41) is 2.96. The van der Waals surface area contributed by atoms with Gasteiger partial charge in [0.2, 0.25) is 0 Å². The topological polar surface area (TPSA) is 160 Å². The van der Waals surface area contributed by atoms with Crippen molar-refractivity contribution in [1.29, 1.82) is 0 Å². The number of carbonyl (C=O) groups is 1. The average molecular weight is 472 g/mol. The summed E-state index contributed by atoms with van der Waals surface area (Å²) in [6, 6.07) is 8.35. The first-order valence-corrected chi connectivity index (χ1v) is 11.5. The quantitative estimate of drug-likeness (QED) is 0.367. The van der Waals surface area contributed by atoms with E-state index >= 15 is 0 Å². The van der Waals surface area contributed by atoms with Gasteiger partial charge < -0.3 is 20.4 Å². The number of pyridine rings is 1. The van der Waals surface area contributed by atoms with Gasteiger partial charge in [0.15, 0.2) is 11.7 Å². The second-order valence-corrected chi connectivity index (χ2v) is 9.62. The third kappa shape index (κ3) is 4.92. The van der Waals surface area contributed by atoms with Crippen molar-refractivity contribution in [2.45, 2.75) is 19.4 Å². The molecule has 12 heteroatoms. The monoisotopic (exact) mass is 471 g/mol. The van der Waals surface area contributed by atoms with Crippen LogP contribution >= 0.6 is 11.0 Å². The average Bonchev–Trinajstić information content (AvgIpc) is 3.17. The maximum absolute atomic E-state index is 12.9. The second-order valence-electron chi connectivity index (χ2n) is 8.19. The summed E-state index contributed by atoms with van der Waals surface area (Å²) in [5.74, 6) is 0.734. The SMILES string of the molecule is Cn1ccnc1-c1cc(C(=O)NC(C)(C)COc2cccc3c2C(N)=NS(O)(O)N3)ccn1. The van der Waals surface area contributed by atoms with Crippen molar-refractivity contribution in [2.24, 2.45) is 17.2 Å². The van der Waals surface area contributed by atoms with Crippen molar-refractivity contribution < 1.29 is 18.6 Å². The first kappa shape index (κ1) is 22.6. The molecule has 0 saturated carbocycles. The number of fused-ring (bicyclic) bond motifs is 1. The van der Waals surface area contributed by atoms with E-state index in [-0.39, 0.29) is 18.3 Å². The van der Waals surface area contributed by atoms with Crippen molar-refractivity contribution in [3.63, 3.8) is 0 Å². The first-order valence-electron chi connectivity index (χ1n) is 9.98. The van der Waals surface area contributed by atoms with Gasteiger partial charge in [-0.25, -0.2) is 4.98 Å². The molecule has 0 radical (unpaired) electrons. The number of benzene rings is 1. The van der Waals surface area contributed by atoms with Crippen molar-refractivity contribution in [3.05, 3.63) is 60.0 Å². The Balaban J connectivity index is 1.47. The van der Waals surface area contributed by atoms with Crippen LogP contribution in [0.15, 0.2) is 53.3 Å². The predicted molar refractivity (Wildman–Crippen MR) is 127 cm³/mol. The Bertz CT molecular complexity index is 1240. The van der Waals surface area contributed by atoms with Gasteiger partial charge >= 0.3 is 0 Å². The highest BCUT2D eigenvalue weighted by Gasteiger charge is 2.27. The van der Waals surface area contributed by atoms with Crippen LogP contribution in [0, 0.1) is 0 Å². The van der Waals surface area contributed by atoms with Crippen molar-refractivity contribution in [1.82, 2.24) is 19.9 Å². The molecule has 3 heterocycles. The normalized spacial score (nSPS) is 15.6. The molecule has 0 fully saturated rings. The third-order valence-electron chi connectivity index (χ3n) is 4.87. The summed E-state index contributed by atoms with van der Waals surface area (Å²) in [7, 11) is -1.53. The number of nitrogens with zero attached hydrogens (tertiary/aromatic N) is 4. The molecule has 3 aromatic rings. The standard InChI is InChI=1S/C21H25N7O4S/c1-21(2,12-32-16-6-4-5-14-17(16)18(22)27-33(30,31)26-14)25-20(29)13-7-8-23-15(11-13)19-24-9-10-28(19)3/h4-11,26,30-31H,12H2,1-3H3,(H2,22,27)(H,25,29). The summed E-state index contributed by atoms with van der Waals surface area (Å²) in [4.78, 5) is 21.5. The lowest BCUT2D eigenvalue weighted by Crippen LogP contribution is -2.48. The predicted octanol–water partition coefficient (Wildman–Crippen LogP) is 2.78. The van der Waals surface area contributed by atoms with Gasteiger partial charge in [-0.2, -0.15) is 0 Å². The molecular weight excluding hydrogens is 446 g/mol. The largest absolute Gasteiger partial charge is 0.490 e. The zero-order valence-corrected chi connectivity index (χ0v) is 19.1. The Hall–Kier alpha value is -3.61. The van der Waals surface area contributed by atoms with Crippen LogP contribution in [0.3, 0.4) is 0 Å². The minimum atomic E-state index is -3.39. The molecule has 0 bridgehead atoms. The summed E-state index contributed by atoms with van der Waals surface area (Å²) in [6.07, 6.45) is 5.04. The van der Waals surface area contributed by atoms with Crippen LogP contribution in [0.2, 0.25) is 0 Å². The molecule has 1 aliphatic rings. The molecule has 2 aromatic heterocycles. The molecule has 0 unspecified atom stereocenters. The lowest BCUT2D eigenvalue weighted by molar-refractivity contribution is 0.0880. The molecule has 33 heavy (non-hydrogen) atoms. The second kappa shape index (κ2) is 8.39. The van der Waals surface area contributed by atoms with Gasteiger partial charge in [-0.3, -0.25) is 23.6 Å². The van der Waals surface area contributed by atoms with Gasteiger partial charge in [0.25, 0.3) is 5.91 Å². The number of hydrogen-bond donors (Lipinski definition) is 5. The molecule has 4 rings (SSSR count). The molecule has 1 amide bonds. The summed E-state index contributed by atoms with van der Waals surface area (Å²) < 4.78 is 33.6. The zero-order valence-electron chi connectivity index (χ0n) is 18.3. The molecule has 11 nitrogen and oxygen atoms in total. The summed E-state index contributed by atoms with van der Waals surface area (Å²) in [6.45, 7) is 3.77. The van der Waals surface area contributed by atoms with Crippen LogP contribution in [-0.4, -0.2) is 47.5 Å². The highest BCUT2D eigenvalue weighted by molar-refractivity contribution is 8.24. The number of nitrogens with two attached hydrogens (primary N) is 1. The molecule has 0 atom stereocenters. The highest BCUT2D eigenvalue weighted by Crippen LogP contribution is 2.46. The highest BCUT2D eigenvalue weighted by atomic mass is 32.3. The summed E-state index contributed by atoms with van der Waals surface area (Å²) in [5.41, 5.74) is 7.05. The fourth-order valence-corrected chi connectivity index (χ4v) is 4.21. The maximum atomic E-state index is 12.9. The molecule has 174 valence electrons. The molecule has 0 saturated heterocycles. The Morgan fingerprint density at radius 3 is 2.79 bits per heavy atom. The number of amidine groups is 1. The van der Waals surface area contributed by atoms with Gasteiger partial charge in [-0.05, 0) is 49.1 Å². The molecular formula is C21H25N7O4S. The van der Waals surface area contributed by atoms with E-state index in [0.717, 1.165) is 0 Å². The maximum Gasteiger partial charge on any atom is 0.251 e. The van der Waals surface area contributed by atoms with E-state index in [1.807, 2.05) is 31.7 Å². The minimum Gasteiger partial charge on any atom is -0.490 e. The van der Waals surface area contributed by atoms with Gasteiger partial charge in [-0.1, -0.05) is 6.07 Å². The van der Waals surface area contributed by atoms with E-state index in [9.17, 15) is 13.9 Å². The number of imidazole rings is 1. The van der Waals surface area contributed by atoms with Crippen LogP contribution < -0.4 is 20.5 Å². The van der Waals surface area contributed by atoms with E-state index in [4.69, 9.17) is 10.5 Å². The fraction of sp³-hybridized carbons (Fsp3) is 0.238. The Kier molecular flexibility index (Phi) is 5.74. The Morgan fingerprint density at radius 1 is 1.27 bits per heavy atom. The van der Waals surface area contributed by atoms with E-state index in [0.29, 0.717) is 34.1 Å². The number of carbonyl (C=O) groups excluding carboxylic acids is 1. The van der Waals surface area contributed by atoms with Crippen molar-refractivity contribution >= 4 is 28.4 Å². The van der Waals surface area contributed by atoms with Gasteiger partial charge in [-0.15, -0.1) is 4.40 Å². The smallest absolute Gasteiger partial charge is 0.251 e. The van der Waals surface area contributed by atoms with Gasteiger partial charge in [0.05, 0.1) is 16.8 Å². The zero-order chi connectivity index (χ0) is 23.8. The molecule has 1 aliphatic heterocycles. The third-order valence-corrected chi connectivity index (χ3v) is 5.81. The molecule has 0 aliphatic carbocycles. The number of aromatic nitrogens is 3. The van der Waals surface area contributed by atoms with Crippen molar-refractivity contribution in [2.75, 3.05) is 11.3 Å². The van der Waals surface area contributed by atoms with Crippen LogP contribution in [0.4, 0.5) is 5.69 Å². The van der Waals surface area contributed by atoms with Gasteiger partial charge in [0, 0.05) is 31.2 Å². The number of rotatable bonds is 6. The number of hydrogen-bond acceptors (Lipinski definition) is 9. The number of amides is 1. The van der Waals surface area contributed by atoms with Gasteiger partial charge in [0.1, 0.15) is 18.1 Å². The van der Waals surface area contributed by atoms with E-state index in [1.165, 1.54) is 0 Å². The van der Waals surface area contributed by atoms with Crippen LogP contribution in [0.25, 0.3) is 11.5 Å². The molecule has 0 spiro atoms. The van der Waals surface area contributed by atoms with E-state index in [2.05, 4.69) is 24.4 Å². The van der Waals surface area contributed by atoms with E-state index < -0.39 is 16.5 Å².